The molecule has 588 valence electrons. The molecule has 110 heavy (non-hydrogen) atoms. The molecule has 18 rings (SSSR count). The Balaban J connectivity index is 0.000000158. The standard InChI is InChI=1S/C18H26F2O4.2C18H15S.2C17H24F2O4.ClH.Na/c1-10(2)14(18(19,20)16(22)23-3)24-15(21)17-7-11-4-12(8-17)6-13(5-11)9-17;2*1-4-10-16(11-5-1)19(17-12-6-2-7-13-17)18-14-8-3-9-15-18;2*1-9(2)13(17(18,19)14(20)21)23-15(22)16-6-10-3-11(7-16)5-12(4-10)8-16;;/h10-14H,4-9H2,1-3H3;2*1-15H;2*9-13H,3-8H2,1-2H3,(H,20,21);1H;/q;2*+1;;;;+1/p-3. The van der Waals surface area contributed by atoms with E-state index in [0.29, 0.717) is 91.8 Å². The van der Waals surface area contributed by atoms with Crippen molar-refractivity contribution in [1.82, 2.24) is 0 Å². The molecule has 12 aliphatic carbocycles. The van der Waals surface area contributed by atoms with Crippen molar-refractivity contribution in [1.29, 1.82) is 0 Å². The van der Waals surface area contributed by atoms with Gasteiger partial charge in [-0.2, -0.15) is 26.3 Å². The van der Waals surface area contributed by atoms with Gasteiger partial charge in [-0.3, -0.25) is 14.4 Å². The molecular formula is C88H102ClF6NaO12S2. The van der Waals surface area contributed by atoms with Gasteiger partial charge in [0, 0.05) is 0 Å². The van der Waals surface area contributed by atoms with Crippen molar-refractivity contribution in [3.8, 4) is 0 Å². The summed E-state index contributed by atoms with van der Waals surface area (Å²) in [6.07, 6.45) is 10.8. The van der Waals surface area contributed by atoms with Crippen LogP contribution in [0.5, 0.6) is 0 Å². The van der Waals surface area contributed by atoms with E-state index < -0.39 is 106 Å². The number of hydrogen-bond donors (Lipinski definition) is 0. The van der Waals surface area contributed by atoms with E-state index in [-0.39, 0.29) is 63.8 Å². The monoisotopic (exact) mass is 1590 g/mol. The van der Waals surface area contributed by atoms with Gasteiger partial charge in [-0.1, -0.05) is 151 Å². The zero-order valence-corrected chi connectivity index (χ0v) is 68.5. The Morgan fingerprint density at radius 2 is 0.500 bits per heavy atom. The Labute approximate surface area is 677 Å². The molecule has 12 nitrogen and oxygen atoms in total. The predicted octanol–water partition coefficient (Wildman–Crippen LogP) is 11.5. The van der Waals surface area contributed by atoms with E-state index in [1.807, 2.05) is 0 Å². The van der Waals surface area contributed by atoms with Gasteiger partial charge in [0.25, 0.3) is 0 Å². The Morgan fingerprint density at radius 1 is 0.336 bits per heavy atom. The molecule has 12 fully saturated rings. The van der Waals surface area contributed by atoms with E-state index in [9.17, 15) is 65.3 Å². The normalized spacial score (nSPS) is 26.9. The van der Waals surface area contributed by atoms with E-state index >= 15 is 0 Å². The van der Waals surface area contributed by atoms with Crippen LogP contribution in [-0.2, 0) is 69.5 Å². The van der Waals surface area contributed by atoms with Crippen molar-refractivity contribution in [2.24, 2.45) is 87.3 Å². The summed E-state index contributed by atoms with van der Waals surface area (Å²) in [5, 5.41) is 21.5. The minimum absolute atomic E-state index is 0. The largest absolute Gasteiger partial charge is 1.00 e. The number of rotatable bonds is 21. The van der Waals surface area contributed by atoms with Gasteiger partial charge in [0.1, 0.15) is 11.9 Å². The smallest absolute Gasteiger partial charge is 1.00 e. The van der Waals surface area contributed by atoms with Crippen LogP contribution >= 0.6 is 0 Å². The minimum atomic E-state index is -4.17. The van der Waals surface area contributed by atoms with Crippen LogP contribution in [0.3, 0.4) is 0 Å². The molecule has 0 saturated heterocycles. The Kier molecular flexibility index (Phi) is 29.8. The molecule has 12 aliphatic rings. The van der Waals surface area contributed by atoms with Gasteiger partial charge >= 0.3 is 71.2 Å². The van der Waals surface area contributed by atoms with Gasteiger partial charge in [-0.15, -0.1) is 0 Å². The summed E-state index contributed by atoms with van der Waals surface area (Å²) in [5.74, 6) is -18.5. The van der Waals surface area contributed by atoms with E-state index in [1.165, 1.54) is 70.9 Å². The van der Waals surface area contributed by atoms with Gasteiger partial charge in [-0.05, 0) is 259 Å². The van der Waals surface area contributed by atoms with Crippen LogP contribution in [0.4, 0.5) is 26.3 Å². The fourth-order valence-corrected chi connectivity index (χ4v) is 24.5. The fourth-order valence-electron chi connectivity index (χ4n) is 20.3. The maximum absolute atomic E-state index is 14.3. The number of esters is 4. The molecule has 22 heteroatoms. The molecule has 6 aromatic carbocycles. The number of carboxylic acids is 2. The first-order valence-corrected chi connectivity index (χ1v) is 40.9. The quantitative estimate of drug-likeness (QED) is 0.0219. The second kappa shape index (κ2) is 37.3. The van der Waals surface area contributed by atoms with Gasteiger partial charge < -0.3 is 51.2 Å². The first-order chi connectivity index (χ1) is 51.3. The second-order valence-electron chi connectivity index (χ2n) is 33.2. The van der Waals surface area contributed by atoms with Crippen molar-refractivity contribution in [2.75, 3.05) is 7.11 Å². The zero-order chi connectivity index (χ0) is 77.5. The molecule has 0 amide bonds. The van der Waals surface area contributed by atoms with Crippen LogP contribution in [0.15, 0.2) is 211 Å². The molecule has 0 N–H and O–H groups in total. The van der Waals surface area contributed by atoms with E-state index in [1.54, 1.807) is 0 Å². The molecule has 0 aliphatic heterocycles. The second-order valence-corrected chi connectivity index (χ2v) is 37.3. The van der Waals surface area contributed by atoms with Crippen LogP contribution in [-0.4, -0.2) is 79.0 Å². The summed E-state index contributed by atoms with van der Waals surface area (Å²) in [7, 11) is 0.882. The number of benzene rings is 6. The average Bonchev–Trinajstić information content (AvgIpc) is 0.748. The van der Waals surface area contributed by atoms with Crippen molar-refractivity contribution in [2.45, 2.75) is 223 Å². The Bertz CT molecular complexity index is 3510. The number of halogens is 7. The van der Waals surface area contributed by atoms with E-state index in [4.69, 9.17) is 14.2 Å². The van der Waals surface area contributed by atoms with Crippen molar-refractivity contribution < 1.29 is 126 Å². The molecule has 12 bridgehead atoms. The maximum atomic E-state index is 14.3. The number of alkyl halides is 6. The third-order valence-electron chi connectivity index (χ3n) is 23.9. The first kappa shape index (κ1) is 87.7. The van der Waals surface area contributed by atoms with Crippen LogP contribution in [0.2, 0.25) is 0 Å². The van der Waals surface area contributed by atoms with E-state index in [2.05, 4.69) is 187 Å². The number of hydrogen-bond acceptors (Lipinski definition) is 12. The summed E-state index contributed by atoms with van der Waals surface area (Å²) in [6.45, 7) is 8.74. The fraction of sp³-hybridized carbons (Fsp3) is 0.523. The van der Waals surface area contributed by atoms with Crippen molar-refractivity contribution >= 4 is 57.6 Å². The molecule has 0 aromatic heterocycles. The summed E-state index contributed by atoms with van der Waals surface area (Å²) < 4.78 is 104. The predicted molar refractivity (Wildman–Crippen MR) is 396 cm³/mol. The summed E-state index contributed by atoms with van der Waals surface area (Å²) in [4.78, 5) is 79.4. The number of carboxylic acid groups (broad SMARTS) is 2. The summed E-state index contributed by atoms with van der Waals surface area (Å²) >= 11 is 0. The zero-order valence-electron chi connectivity index (χ0n) is 64.1. The summed E-state index contributed by atoms with van der Waals surface area (Å²) in [5.41, 5.74) is -1.97. The number of carbonyl (C=O) groups is 6. The molecule has 3 unspecified atom stereocenters. The van der Waals surface area contributed by atoms with Crippen LogP contribution < -0.4 is 52.2 Å². The molecule has 6 aromatic rings. The molecule has 3 atom stereocenters. The van der Waals surface area contributed by atoms with Gasteiger partial charge in [0.2, 0.25) is 0 Å². The third kappa shape index (κ3) is 20.1. The minimum Gasteiger partial charge on any atom is -1.00 e. The number of ether oxygens (including phenoxy) is 4. The van der Waals surface area contributed by atoms with E-state index in [0.717, 1.165) is 84.2 Å². The van der Waals surface area contributed by atoms with Crippen LogP contribution in [0, 0.1) is 87.3 Å². The number of carbonyl (C=O) groups excluding carboxylic acids is 6. The van der Waals surface area contributed by atoms with Gasteiger partial charge in [0.15, 0.2) is 47.7 Å². The molecule has 0 heterocycles. The Hall–Kier alpha value is -6.29. The maximum Gasteiger partial charge on any atom is 1.00 e. The van der Waals surface area contributed by atoms with Gasteiger partial charge in [0.05, 0.1) is 45.1 Å². The SMILES string of the molecule is CC(C)C(OC(=O)C12CC3CC(CC(C3)C1)C2)C(F)(F)C(=O)[O-].CC(C)C(OC(=O)C12CC3CC(CC(C3)C1)C2)C(F)(F)C(=O)[O-].COC(=O)C(F)(F)C(OC(=O)C12CC3CC(CC(C3)C1)C2)C(C)C.[Cl-].[Na+].c1ccc([S+](c2ccccc2)c2ccccc2)cc1.c1ccc([S+](c2ccccc2)c2ccccc2)cc1. The topological polar surface area (TPSA) is 185 Å². The van der Waals surface area contributed by atoms with Crippen molar-refractivity contribution in [3.63, 3.8) is 0 Å². The average molecular weight is 1590 g/mol. The number of aliphatic carboxylic acids is 2. The van der Waals surface area contributed by atoms with Gasteiger partial charge in [-0.25, -0.2) is 4.79 Å². The van der Waals surface area contributed by atoms with Crippen molar-refractivity contribution in [3.05, 3.63) is 182 Å². The molecule has 0 spiro atoms. The third-order valence-corrected chi connectivity index (χ3v) is 28.3. The molecule has 12 saturated carbocycles. The molecular weight excluding hydrogens is 1490 g/mol. The summed E-state index contributed by atoms with van der Waals surface area (Å²) in [6, 6.07) is 64.3. The first-order valence-electron chi connectivity index (χ1n) is 38.4. The molecule has 0 radical (unpaired) electrons. The van der Waals surface area contributed by atoms with Crippen LogP contribution in [0.1, 0.15) is 157 Å². The van der Waals surface area contributed by atoms with Crippen LogP contribution in [0.25, 0.3) is 0 Å². The number of methoxy groups -OCH3 is 1. The Morgan fingerprint density at radius 3 is 0.645 bits per heavy atom.